The van der Waals surface area contributed by atoms with E-state index in [4.69, 9.17) is 0 Å². The van der Waals surface area contributed by atoms with Crippen molar-refractivity contribution in [3.05, 3.63) is 17.8 Å². The molecule has 1 N–H and O–H groups in total. The molecule has 4 nitrogen and oxygen atoms in total. The Morgan fingerprint density at radius 2 is 2.12 bits per heavy atom. The Labute approximate surface area is 96.8 Å². The largest absolute Gasteiger partial charge is 0.410 e. The van der Waals surface area contributed by atoms with Crippen molar-refractivity contribution in [3.8, 4) is 0 Å². The van der Waals surface area contributed by atoms with E-state index in [1.54, 1.807) is 19.1 Å². The molecule has 0 amide bonds. The van der Waals surface area contributed by atoms with Crippen molar-refractivity contribution in [3.63, 3.8) is 0 Å². The summed E-state index contributed by atoms with van der Waals surface area (Å²) in [6.45, 7) is 2.43. The van der Waals surface area contributed by atoms with Crippen LogP contribution in [0.1, 0.15) is 5.69 Å². The van der Waals surface area contributed by atoms with E-state index in [1.165, 1.54) is 4.90 Å². The van der Waals surface area contributed by atoms with Crippen LogP contribution in [0.4, 0.5) is 19.0 Å². The number of nitrogens with zero attached hydrogens (tertiary/aromatic N) is 3. The lowest BCUT2D eigenvalue weighted by Gasteiger charge is -2.37. The first-order valence-electron chi connectivity index (χ1n) is 5.33. The minimum absolute atomic E-state index is 0.112. The molecule has 2 heterocycles. The molecule has 1 aromatic rings. The van der Waals surface area contributed by atoms with Gasteiger partial charge in [-0.15, -0.1) is 5.10 Å². The minimum atomic E-state index is -4.26. The predicted octanol–water partition coefficient (Wildman–Crippen LogP) is 1.13. The van der Waals surface area contributed by atoms with Crippen molar-refractivity contribution in [2.45, 2.75) is 19.1 Å². The topological polar surface area (TPSA) is 41.0 Å². The summed E-state index contributed by atoms with van der Waals surface area (Å²) in [7, 11) is 0. The first kappa shape index (κ1) is 12.1. The smallest absolute Gasteiger partial charge is 0.341 e. The first-order chi connectivity index (χ1) is 7.98. The Morgan fingerprint density at radius 1 is 1.35 bits per heavy atom. The van der Waals surface area contributed by atoms with E-state index in [2.05, 4.69) is 15.5 Å². The molecule has 1 atom stereocenters. The van der Waals surface area contributed by atoms with Crippen LogP contribution in [0.5, 0.6) is 0 Å². The summed E-state index contributed by atoms with van der Waals surface area (Å²) in [6.07, 6.45) is -4.26. The Morgan fingerprint density at radius 3 is 2.71 bits per heavy atom. The zero-order valence-electron chi connectivity index (χ0n) is 9.33. The van der Waals surface area contributed by atoms with E-state index in [-0.39, 0.29) is 18.9 Å². The third-order valence-corrected chi connectivity index (χ3v) is 2.70. The zero-order valence-corrected chi connectivity index (χ0v) is 9.33. The van der Waals surface area contributed by atoms with Crippen molar-refractivity contribution in [2.75, 3.05) is 24.5 Å². The van der Waals surface area contributed by atoms with Gasteiger partial charge < -0.3 is 10.2 Å². The summed E-state index contributed by atoms with van der Waals surface area (Å²) < 4.78 is 38.5. The van der Waals surface area contributed by atoms with Gasteiger partial charge in [-0.05, 0) is 19.1 Å². The highest BCUT2D eigenvalue weighted by molar-refractivity contribution is 5.40. The first-order valence-corrected chi connectivity index (χ1v) is 5.33. The second-order valence-corrected chi connectivity index (χ2v) is 3.99. The molecule has 94 valence electrons. The molecule has 1 aliphatic heterocycles. The van der Waals surface area contributed by atoms with Crippen LogP contribution in [0.15, 0.2) is 12.1 Å². The molecule has 1 aromatic heterocycles. The molecule has 0 bridgehead atoms. The number of aryl methyl sites for hydroxylation is 1. The van der Waals surface area contributed by atoms with Gasteiger partial charge in [0.25, 0.3) is 0 Å². The number of anilines is 1. The maximum atomic E-state index is 12.8. The van der Waals surface area contributed by atoms with Crippen LogP contribution in [0.2, 0.25) is 0 Å². The SMILES string of the molecule is Cc1ccc(N2CCNCC2C(F)(F)F)nn1. The molecule has 0 aromatic carbocycles. The second-order valence-electron chi connectivity index (χ2n) is 3.99. The van der Waals surface area contributed by atoms with Gasteiger partial charge in [-0.1, -0.05) is 0 Å². The van der Waals surface area contributed by atoms with Crippen molar-refractivity contribution >= 4 is 5.82 Å². The highest BCUT2D eigenvalue weighted by Crippen LogP contribution is 2.28. The highest BCUT2D eigenvalue weighted by Gasteiger charge is 2.45. The van der Waals surface area contributed by atoms with Gasteiger partial charge in [-0.25, -0.2) is 0 Å². The molecule has 1 saturated heterocycles. The Kier molecular flexibility index (Phi) is 3.19. The van der Waals surface area contributed by atoms with Gasteiger partial charge in [-0.2, -0.15) is 18.3 Å². The van der Waals surface area contributed by atoms with Gasteiger partial charge in [0, 0.05) is 19.6 Å². The van der Waals surface area contributed by atoms with Crippen LogP contribution in [0.25, 0.3) is 0 Å². The van der Waals surface area contributed by atoms with Gasteiger partial charge in [0.2, 0.25) is 0 Å². The lowest BCUT2D eigenvalue weighted by atomic mass is 10.2. The second kappa shape index (κ2) is 4.48. The van der Waals surface area contributed by atoms with E-state index in [0.29, 0.717) is 12.2 Å². The Bertz CT molecular complexity index is 376. The molecule has 0 spiro atoms. The van der Waals surface area contributed by atoms with E-state index in [0.717, 1.165) is 0 Å². The third kappa shape index (κ3) is 2.66. The summed E-state index contributed by atoms with van der Waals surface area (Å²) in [5.41, 5.74) is 0.687. The quantitative estimate of drug-likeness (QED) is 0.806. The predicted molar refractivity (Wildman–Crippen MR) is 56.8 cm³/mol. The van der Waals surface area contributed by atoms with Gasteiger partial charge in [0.05, 0.1) is 5.69 Å². The Balaban J connectivity index is 2.25. The highest BCUT2D eigenvalue weighted by atomic mass is 19.4. The Hall–Kier alpha value is -1.37. The third-order valence-electron chi connectivity index (χ3n) is 2.70. The van der Waals surface area contributed by atoms with Crippen LogP contribution in [-0.2, 0) is 0 Å². The fourth-order valence-corrected chi connectivity index (χ4v) is 1.82. The number of hydrogen-bond donors (Lipinski definition) is 1. The van der Waals surface area contributed by atoms with Gasteiger partial charge >= 0.3 is 6.18 Å². The lowest BCUT2D eigenvalue weighted by molar-refractivity contribution is -0.149. The lowest BCUT2D eigenvalue weighted by Crippen LogP contribution is -2.58. The molecule has 7 heteroatoms. The summed E-state index contributed by atoms with van der Waals surface area (Å²) in [5, 5.41) is 10.3. The molecule has 0 saturated carbocycles. The summed E-state index contributed by atoms with van der Waals surface area (Å²) in [5.74, 6) is 0.277. The van der Waals surface area contributed by atoms with Gasteiger partial charge in [0.1, 0.15) is 6.04 Å². The fraction of sp³-hybridized carbons (Fsp3) is 0.600. The van der Waals surface area contributed by atoms with Gasteiger partial charge in [-0.3, -0.25) is 0 Å². The molecule has 1 unspecified atom stereocenters. The van der Waals surface area contributed by atoms with Crippen LogP contribution >= 0.6 is 0 Å². The molecule has 0 radical (unpaired) electrons. The molecule has 2 rings (SSSR count). The number of hydrogen-bond acceptors (Lipinski definition) is 4. The van der Waals surface area contributed by atoms with Crippen molar-refractivity contribution in [1.29, 1.82) is 0 Å². The van der Waals surface area contributed by atoms with Crippen LogP contribution in [0.3, 0.4) is 0 Å². The summed E-state index contributed by atoms with van der Waals surface area (Å²) in [4.78, 5) is 1.25. The number of halogens is 3. The van der Waals surface area contributed by atoms with E-state index >= 15 is 0 Å². The van der Waals surface area contributed by atoms with Crippen molar-refractivity contribution < 1.29 is 13.2 Å². The van der Waals surface area contributed by atoms with Crippen molar-refractivity contribution in [1.82, 2.24) is 15.5 Å². The fourth-order valence-electron chi connectivity index (χ4n) is 1.82. The molecular weight excluding hydrogens is 233 g/mol. The van der Waals surface area contributed by atoms with Crippen LogP contribution in [-0.4, -0.2) is 42.0 Å². The summed E-state index contributed by atoms with van der Waals surface area (Å²) >= 11 is 0. The number of alkyl halides is 3. The molecule has 1 aliphatic rings. The number of aromatic nitrogens is 2. The van der Waals surface area contributed by atoms with E-state index in [1.807, 2.05) is 0 Å². The normalized spacial score (nSPS) is 21.6. The average Bonchev–Trinajstić information content (AvgIpc) is 2.29. The number of nitrogens with one attached hydrogen (secondary N) is 1. The van der Waals surface area contributed by atoms with E-state index < -0.39 is 12.2 Å². The maximum absolute atomic E-state index is 12.8. The average molecular weight is 246 g/mol. The van der Waals surface area contributed by atoms with E-state index in [9.17, 15) is 13.2 Å². The minimum Gasteiger partial charge on any atom is -0.341 e. The maximum Gasteiger partial charge on any atom is 0.410 e. The number of rotatable bonds is 1. The molecule has 17 heavy (non-hydrogen) atoms. The summed E-state index contributed by atoms with van der Waals surface area (Å²) in [6, 6.07) is 1.71. The van der Waals surface area contributed by atoms with Crippen LogP contribution < -0.4 is 10.2 Å². The van der Waals surface area contributed by atoms with Crippen molar-refractivity contribution in [2.24, 2.45) is 0 Å². The molecule has 1 fully saturated rings. The monoisotopic (exact) mass is 246 g/mol. The van der Waals surface area contributed by atoms with Gasteiger partial charge in [0.15, 0.2) is 5.82 Å². The molecular formula is C10H13F3N4. The van der Waals surface area contributed by atoms with Crippen LogP contribution in [0, 0.1) is 6.92 Å². The number of piperazine rings is 1. The molecule has 0 aliphatic carbocycles. The standard InChI is InChI=1S/C10H13F3N4/c1-7-2-3-9(16-15-7)17-5-4-14-6-8(17)10(11,12)13/h2-3,8,14H,4-6H2,1H3. The zero-order chi connectivity index (χ0) is 12.5.